The number of carbonyl (C=O) groups excluding carboxylic acids is 1. The molecule has 0 spiro atoms. The van der Waals surface area contributed by atoms with E-state index in [4.69, 9.17) is 0 Å². The molecule has 1 aliphatic heterocycles. The number of nitrogens with one attached hydrogen (secondary N) is 2. The van der Waals surface area contributed by atoms with Gasteiger partial charge in [0.1, 0.15) is 6.33 Å². The molecule has 32 heavy (non-hydrogen) atoms. The Morgan fingerprint density at radius 2 is 1.97 bits per heavy atom. The van der Waals surface area contributed by atoms with Crippen LogP contribution in [0.5, 0.6) is 0 Å². The first-order chi connectivity index (χ1) is 15.5. The minimum Gasteiger partial charge on any atom is -0.355 e. The molecule has 0 saturated carbocycles. The van der Waals surface area contributed by atoms with Crippen molar-refractivity contribution in [3.05, 3.63) is 66.0 Å². The average molecular weight is 472 g/mol. The number of carbonyl (C=O) groups is 1. The molecule has 8 nitrogen and oxygen atoms in total. The van der Waals surface area contributed by atoms with Gasteiger partial charge in [0.2, 0.25) is 5.91 Å². The Balaban J connectivity index is 1.30. The fourth-order valence-corrected chi connectivity index (χ4v) is 5.83. The fraction of sp³-hybridized carbons (Fsp3) is 0.318. The molecule has 0 unspecified atom stereocenters. The van der Waals surface area contributed by atoms with E-state index in [-0.39, 0.29) is 10.8 Å². The average Bonchev–Trinajstić information content (AvgIpc) is 3.34. The zero-order valence-electron chi connectivity index (χ0n) is 17.5. The van der Waals surface area contributed by atoms with Crippen molar-refractivity contribution < 1.29 is 13.2 Å². The van der Waals surface area contributed by atoms with E-state index in [0.717, 1.165) is 34.8 Å². The SMILES string of the molecule is O=C(CCc1ccc(S(=O)(=O)N2CCCc3ccccc32)cc1)NCCSc1ncn[nH]1. The monoisotopic (exact) mass is 471 g/mol. The van der Waals surface area contributed by atoms with Crippen LogP contribution in [0.25, 0.3) is 0 Å². The van der Waals surface area contributed by atoms with Gasteiger partial charge in [-0.2, -0.15) is 5.10 Å². The first-order valence-corrected chi connectivity index (χ1v) is 12.9. The van der Waals surface area contributed by atoms with E-state index >= 15 is 0 Å². The second-order valence-electron chi connectivity index (χ2n) is 7.44. The maximum Gasteiger partial charge on any atom is 0.264 e. The minimum absolute atomic E-state index is 0.0372. The molecule has 0 fully saturated rings. The summed E-state index contributed by atoms with van der Waals surface area (Å²) in [4.78, 5) is 16.4. The third-order valence-electron chi connectivity index (χ3n) is 5.28. The van der Waals surface area contributed by atoms with Crippen LogP contribution in [-0.2, 0) is 27.7 Å². The lowest BCUT2D eigenvalue weighted by Crippen LogP contribution is -2.35. The molecule has 1 amide bonds. The Morgan fingerprint density at radius 1 is 1.16 bits per heavy atom. The van der Waals surface area contributed by atoms with Gasteiger partial charge in [0, 0.05) is 25.3 Å². The number of aryl methyl sites for hydroxylation is 2. The zero-order valence-corrected chi connectivity index (χ0v) is 19.2. The molecule has 2 N–H and O–H groups in total. The van der Waals surface area contributed by atoms with Crippen LogP contribution in [0.2, 0.25) is 0 Å². The Bertz CT molecular complexity index is 1150. The largest absolute Gasteiger partial charge is 0.355 e. The van der Waals surface area contributed by atoms with Gasteiger partial charge in [-0.15, -0.1) is 0 Å². The van der Waals surface area contributed by atoms with Crippen molar-refractivity contribution >= 4 is 33.4 Å². The number of anilines is 1. The molecule has 1 aromatic heterocycles. The van der Waals surface area contributed by atoms with Gasteiger partial charge in [0.25, 0.3) is 10.0 Å². The lowest BCUT2D eigenvalue weighted by Gasteiger charge is -2.30. The standard InChI is InChI=1S/C22H25N5O3S2/c28-21(23-13-15-31-22-24-16-25-26-22)12-9-17-7-10-19(11-8-17)32(29,30)27-14-3-5-18-4-1-2-6-20(18)27/h1-2,4,6-8,10-11,16H,3,5,9,12-15H2,(H,23,28)(H,24,25,26). The molecule has 3 aromatic rings. The van der Waals surface area contributed by atoms with Crippen molar-refractivity contribution in [2.45, 2.75) is 35.7 Å². The number of sulfonamides is 1. The third kappa shape index (κ3) is 5.31. The van der Waals surface area contributed by atoms with Crippen molar-refractivity contribution in [1.29, 1.82) is 0 Å². The molecule has 168 valence electrons. The summed E-state index contributed by atoms with van der Waals surface area (Å²) in [7, 11) is -3.62. The Morgan fingerprint density at radius 3 is 2.75 bits per heavy atom. The van der Waals surface area contributed by atoms with Gasteiger partial charge in [-0.25, -0.2) is 13.4 Å². The van der Waals surface area contributed by atoms with E-state index < -0.39 is 10.0 Å². The van der Waals surface area contributed by atoms with Crippen LogP contribution in [-0.4, -0.2) is 48.3 Å². The van der Waals surface area contributed by atoms with Gasteiger partial charge >= 0.3 is 0 Å². The lowest BCUT2D eigenvalue weighted by atomic mass is 10.0. The van der Waals surface area contributed by atoms with Crippen LogP contribution >= 0.6 is 11.8 Å². The molecule has 0 aliphatic carbocycles. The summed E-state index contributed by atoms with van der Waals surface area (Å²) in [6.45, 7) is 1.02. The number of aromatic amines is 1. The summed E-state index contributed by atoms with van der Waals surface area (Å²) in [5.41, 5.74) is 2.75. The summed E-state index contributed by atoms with van der Waals surface area (Å²) in [5, 5.41) is 10.1. The Hall–Kier alpha value is -2.85. The lowest BCUT2D eigenvalue weighted by molar-refractivity contribution is -0.120. The number of amides is 1. The summed E-state index contributed by atoms with van der Waals surface area (Å²) >= 11 is 1.49. The first-order valence-electron chi connectivity index (χ1n) is 10.5. The summed E-state index contributed by atoms with van der Waals surface area (Å²) in [5.74, 6) is 0.664. The first kappa shape index (κ1) is 22.3. The molecule has 0 atom stereocenters. The smallest absolute Gasteiger partial charge is 0.264 e. The van der Waals surface area contributed by atoms with Crippen molar-refractivity contribution in [1.82, 2.24) is 20.5 Å². The van der Waals surface area contributed by atoms with Crippen LogP contribution in [0.3, 0.4) is 0 Å². The van der Waals surface area contributed by atoms with Crippen LogP contribution in [0.4, 0.5) is 5.69 Å². The normalized spacial score (nSPS) is 13.6. The maximum absolute atomic E-state index is 13.2. The van der Waals surface area contributed by atoms with Crippen molar-refractivity contribution in [3.63, 3.8) is 0 Å². The number of rotatable bonds is 9. The van der Waals surface area contributed by atoms with Gasteiger partial charge < -0.3 is 5.32 Å². The Labute approximate surface area is 191 Å². The number of para-hydroxylation sites is 1. The van der Waals surface area contributed by atoms with Crippen LogP contribution in [0.1, 0.15) is 24.0 Å². The molecule has 0 radical (unpaired) electrons. The quantitative estimate of drug-likeness (QED) is 0.367. The summed E-state index contributed by atoms with van der Waals surface area (Å²) in [6.07, 6.45) is 4.04. The van der Waals surface area contributed by atoms with Crippen LogP contribution < -0.4 is 9.62 Å². The van der Waals surface area contributed by atoms with E-state index in [1.165, 1.54) is 22.4 Å². The topological polar surface area (TPSA) is 108 Å². The van der Waals surface area contributed by atoms with Gasteiger partial charge in [-0.1, -0.05) is 42.1 Å². The number of H-pyrrole nitrogens is 1. The highest BCUT2D eigenvalue weighted by molar-refractivity contribution is 7.99. The molecule has 0 bridgehead atoms. The minimum atomic E-state index is -3.62. The molecule has 1 aliphatic rings. The molecule has 2 aromatic carbocycles. The summed E-state index contributed by atoms with van der Waals surface area (Å²) in [6, 6.07) is 14.5. The van der Waals surface area contributed by atoms with Crippen molar-refractivity contribution in [3.8, 4) is 0 Å². The highest BCUT2D eigenvalue weighted by Crippen LogP contribution is 2.31. The number of aromatic nitrogens is 3. The van der Waals surface area contributed by atoms with Gasteiger partial charge in [-0.3, -0.25) is 14.2 Å². The van der Waals surface area contributed by atoms with E-state index in [0.29, 0.717) is 31.7 Å². The zero-order chi connectivity index (χ0) is 22.4. The number of hydrogen-bond acceptors (Lipinski definition) is 6. The second kappa shape index (κ2) is 10.2. The van der Waals surface area contributed by atoms with E-state index in [1.54, 1.807) is 24.3 Å². The number of thioether (sulfide) groups is 1. The maximum atomic E-state index is 13.2. The van der Waals surface area contributed by atoms with Gasteiger partial charge in [0.05, 0.1) is 10.6 Å². The number of hydrogen-bond donors (Lipinski definition) is 2. The van der Waals surface area contributed by atoms with E-state index in [2.05, 4.69) is 20.5 Å². The highest BCUT2D eigenvalue weighted by Gasteiger charge is 2.28. The van der Waals surface area contributed by atoms with Crippen LogP contribution in [0.15, 0.2) is 64.9 Å². The van der Waals surface area contributed by atoms with E-state index in [1.807, 2.05) is 24.3 Å². The fourth-order valence-electron chi connectivity index (χ4n) is 3.65. The molecule has 0 saturated heterocycles. The Kier molecular flexibility index (Phi) is 7.11. The molecular weight excluding hydrogens is 446 g/mol. The van der Waals surface area contributed by atoms with Gasteiger partial charge in [-0.05, 0) is 48.6 Å². The molecule has 2 heterocycles. The summed E-state index contributed by atoms with van der Waals surface area (Å²) < 4.78 is 27.9. The van der Waals surface area contributed by atoms with E-state index in [9.17, 15) is 13.2 Å². The predicted molar refractivity (Wildman–Crippen MR) is 124 cm³/mol. The number of benzene rings is 2. The molecule has 4 rings (SSSR count). The predicted octanol–water partition coefficient (Wildman–Crippen LogP) is 2.79. The number of nitrogens with zero attached hydrogens (tertiary/aromatic N) is 3. The van der Waals surface area contributed by atoms with Crippen molar-refractivity contribution in [2.75, 3.05) is 23.1 Å². The van der Waals surface area contributed by atoms with Crippen LogP contribution in [0, 0.1) is 0 Å². The second-order valence-corrected chi connectivity index (χ2v) is 10.4. The van der Waals surface area contributed by atoms with Crippen molar-refractivity contribution in [2.24, 2.45) is 0 Å². The third-order valence-corrected chi connectivity index (χ3v) is 7.98. The number of fused-ring (bicyclic) bond motifs is 1. The molecule has 10 heteroatoms. The van der Waals surface area contributed by atoms with Gasteiger partial charge in [0.15, 0.2) is 5.16 Å². The highest BCUT2D eigenvalue weighted by atomic mass is 32.2. The molecular formula is C22H25N5O3S2.